The fourth-order valence-corrected chi connectivity index (χ4v) is 3.74. The van der Waals surface area contributed by atoms with Gasteiger partial charge in [-0.25, -0.2) is 4.79 Å². The maximum Gasteiger partial charge on any atom is 0.329 e. The molecule has 166 valence electrons. The number of carbonyl (C=O) groups excluding carboxylic acids is 1. The Bertz CT molecular complexity index is 1070. The van der Waals surface area contributed by atoms with Crippen LogP contribution in [0.5, 0.6) is 5.75 Å². The number of anilines is 1. The van der Waals surface area contributed by atoms with Gasteiger partial charge >= 0.3 is 5.69 Å². The Morgan fingerprint density at radius 2 is 1.61 bits per heavy atom. The Morgan fingerprint density at radius 3 is 2.29 bits per heavy atom. The van der Waals surface area contributed by atoms with Crippen LogP contribution < -0.4 is 15.7 Å². The average Bonchev–Trinajstić information content (AvgIpc) is 3.06. The van der Waals surface area contributed by atoms with Gasteiger partial charge < -0.3 is 15.0 Å². The Hall–Kier alpha value is -3.06. The lowest BCUT2D eigenvalue weighted by Gasteiger charge is -2.19. The molecule has 0 spiro atoms. The SMILES string of the molecule is CCN(CC)CCOc1ccccc1NC(=O)CCn1c(=O)n(CC)c2ccccc21. The zero-order valence-electron chi connectivity index (χ0n) is 18.6. The van der Waals surface area contributed by atoms with E-state index in [2.05, 4.69) is 24.1 Å². The van der Waals surface area contributed by atoms with Crippen LogP contribution in [-0.4, -0.2) is 46.2 Å². The molecule has 1 heterocycles. The van der Waals surface area contributed by atoms with Crippen LogP contribution in [0.25, 0.3) is 11.0 Å². The largest absolute Gasteiger partial charge is 0.490 e. The molecule has 7 nitrogen and oxygen atoms in total. The molecule has 0 saturated heterocycles. The van der Waals surface area contributed by atoms with E-state index in [-0.39, 0.29) is 18.0 Å². The molecular weight excluding hydrogens is 392 g/mol. The van der Waals surface area contributed by atoms with Crippen LogP contribution >= 0.6 is 0 Å². The summed E-state index contributed by atoms with van der Waals surface area (Å²) >= 11 is 0. The van der Waals surface area contributed by atoms with Crippen molar-refractivity contribution in [1.82, 2.24) is 14.0 Å². The Morgan fingerprint density at radius 1 is 0.968 bits per heavy atom. The molecule has 0 radical (unpaired) electrons. The highest BCUT2D eigenvalue weighted by atomic mass is 16.5. The number of rotatable bonds is 11. The van der Waals surface area contributed by atoms with Gasteiger partial charge in [-0.15, -0.1) is 0 Å². The lowest BCUT2D eigenvalue weighted by Crippen LogP contribution is -2.28. The molecule has 0 fully saturated rings. The highest BCUT2D eigenvalue weighted by molar-refractivity contribution is 5.92. The van der Waals surface area contributed by atoms with Gasteiger partial charge in [0.15, 0.2) is 0 Å². The third kappa shape index (κ3) is 5.35. The Labute approximate surface area is 183 Å². The second kappa shape index (κ2) is 10.8. The van der Waals surface area contributed by atoms with Crippen molar-refractivity contribution in [3.63, 3.8) is 0 Å². The third-order valence-electron chi connectivity index (χ3n) is 5.52. The number of ether oxygens (including phenoxy) is 1. The predicted molar refractivity (Wildman–Crippen MR) is 125 cm³/mol. The smallest absolute Gasteiger partial charge is 0.329 e. The number of para-hydroxylation sites is 4. The third-order valence-corrected chi connectivity index (χ3v) is 5.52. The molecule has 1 N–H and O–H groups in total. The first-order chi connectivity index (χ1) is 15.1. The number of amides is 1. The van der Waals surface area contributed by atoms with E-state index in [0.29, 0.717) is 31.1 Å². The minimum Gasteiger partial charge on any atom is -0.490 e. The molecule has 0 bridgehead atoms. The van der Waals surface area contributed by atoms with Crippen LogP contribution in [0.3, 0.4) is 0 Å². The number of benzene rings is 2. The van der Waals surface area contributed by atoms with Crippen molar-refractivity contribution in [1.29, 1.82) is 0 Å². The van der Waals surface area contributed by atoms with Crippen LogP contribution in [0.15, 0.2) is 53.3 Å². The monoisotopic (exact) mass is 424 g/mol. The number of nitrogens with one attached hydrogen (secondary N) is 1. The van der Waals surface area contributed by atoms with Crippen molar-refractivity contribution >= 4 is 22.6 Å². The molecule has 0 aliphatic carbocycles. The summed E-state index contributed by atoms with van der Waals surface area (Å²) in [6.07, 6.45) is 0.200. The standard InChI is InChI=1S/C24H32N4O3/c1-4-26(5-2)17-18-31-22-14-10-7-11-19(22)25-23(29)15-16-28-21-13-9-8-12-20(21)27(6-3)24(28)30/h7-14H,4-6,15-18H2,1-3H3,(H,25,29). The van der Waals surface area contributed by atoms with Crippen LogP contribution in [0, 0.1) is 0 Å². The van der Waals surface area contributed by atoms with Gasteiger partial charge in [-0.05, 0) is 44.3 Å². The summed E-state index contributed by atoms with van der Waals surface area (Å²) < 4.78 is 9.31. The Kier molecular flexibility index (Phi) is 7.89. The zero-order chi connectivity index (χ0) is 22.2. The molecule has 1 aromatic heterocycles. The highest BCUT2D eigenvalue weighted by Crippen LogP contribution is 2.24. The first-order valence-electron chi connectivity index (χ1n) is 11.0. The fourth-order valence-electron chi connectivity index (χ4n) is 3.74. The topological polar surface area (TPSA) is 68.5 Å². The van der Waals surface area contributed by atoms with E-state index in [1.165, 1.54) is 0 Å². The van der Waals surface area contributed by atoms with E-state index in [1.54, 1.807) is 9.13 Å². The first kappa shape index (κ1) is 22.6. The van der Waals surface area contributed by atoms with Gasteiger partial charge in [-0.2, -0.15) is 0 Å². The van der Waals surface area contributed by atoms with E-state index >= 15 is 0 Å². The minimum absolute atomic E-state index is 0.0864. The number of imidazole rings is 1. The maximum absolute atomic E-state index is 12.7. The summed E-state index contributed by atoms with van der Waals surface area (Å²) in [4.78, 5) is 27.7. The van der Waals surface area contributed by atoms with Gasteiger partial charge in [0.05, 0.1) is 16.7 Å². The maximum atomic E-state index is 12.7. The number of hydrogen-bond acceptors (Lipinski definition) is 4. The number of carbonyl (C=O) groups is 1. The summed E-state index contributed by atoms with van der Waals surface area (Å²) in [6, 6.07) is 15.1. The van der Waals surface area contributed by atoms with E-state index in [0.717, 1.165) is 30.7 Å². The first-order valence-corrected chi connectivity index (χ1v) is 11.0. The van der Waals surface area contributed by atoms with Crippen LogP contribution in [0.2, 0.25) is 0 Å². The molecule has 7 heteroatoms. The number of aromatic nitrogens is 2. The molecule has 31 heavy (non-hydrogen) atoms. The highest BCUT2D eigenvalue weighted by Gasteiger charge is 2.14. The number of hydrogen-bond donors (Lipinski definition) is 1. The molecule has 0 unspecified atom stereocenters. The van der Waals surface area contributed by atoms with Crippen LogP contribution in [0.4, 0.5) is 5.69 Å². The number of likely N-dealkylation sites (N-methyl/N-ethyl adjacent to an activating group) is 1. The van der Waals surface area contributed by atoms with Crippen molar-refractivity contribution < 1.29 is 9.53 Å². The van der Waals surface area contributed by atoms with Gasteiger partial charge in [0, 0.05) is 26.1 Å². The lowest BCUT2D eigenvalue weighted by molar-refractivity contribution is -0.116. The number of nitrogens with zero attached hydrogens (tertiary/aromatic N) is 3. The summed E-state index contributed by atoms with van der Waals surface area (Å²) in [6.45, 7) is 10.5. The summed E-state index contributed by atoms with van der Waals surface area (Å²) in [7, 11) is 0. The molecular formula is C24H32N4O3. The molecule has 0 aliphatic heterocycles. The fraction of sp³-hybridized carbons (Fsp3) is 0.417. The summed E-state index contributed by atoms with van der Waals surface area (Å²) in [5.74, 6) is 0.503. The molecule has 0 atom stereocenters. The molecule has 2 aromatic carbocycles. The van der Waals surface area contributed by atoms with Crippen LogP contribution in [0.1, 0.15) is 27.2 Å². The molecule has 0 aliphatic rings. The van der Waals surface area contributed by atoms with Crippen molar-refractivity contribution in [2.75, 3.05) is 31.6 Å². The second-order valence-corrected chi connectivity index (χ2v) is 7.34. The number of fused-ring (bicyclic) bond motifs is 1. The van der Waals surface area contributed by atoms with Gasteiger partial charge in [-0.3, -0.25) is 13.9 Å². The summed E-state index contributed by atoms with van der Waals surface area (Å²) in [5, 5.41) is 2.94. The van der Waals surface area contributed by atoms with Gasteiger partial charge in [0.1, 0.15) is 12.4 Å². The van der Waals surface area contributed by atoms with Crippen LogP contribution in [-0.2, 0) is 17.9 Å². The van der Waals surface area contributed by atoms with Gasteiger partial charge in [0.2, 0.25) is 5.91 Å². The van der Waals surface area contributed by atoms with Crippen molar-refractivity contribution in [2.45, 2.75) is 40.3 Å². The molecule has 0 saturated carbocycles. The van der Waals surface area contributed by atoms with Gasteiger partial charge in [0.25, 0.3) is 0 Å². The number of aryl methyl sites for hydroxylation is 2. The predicted octanol–water partition coefficient (Wildman–Crippen LogP) is 3.57. The average molecular weight is 425 g/mol. The van der Waals surface area contributed by atoms with E-state index in [1.807, 2.05) is 55.5 Å². The van der Waals surface area contributed by atoms with E-state index < -0.39 is 0 Å². The van der Waals surface area contributed by atoms with Gasteiger partial charge in [-0.1, -0.05) is 38.1 Å². The van der Waals surface area contributed by atoms with Crippen molar-refractivity contribution in [3.05, 3.63) is 59.0 Å². The zero-order valence-corrected chi connectivity index (χ0v) is 18.6. The van der Waals surface area contributed by atoms with Crippen molar-refractivity contribution in [2.24, 2.45) is 0 Å². The Balaban J connectivity index is 1.64. The van der Waals surface area contributed by atoms with E-state index in [9.17, 15) is 9.59 Å². The molecule has 1 amide bonds. The van der Waals surface area contributed by atoms with Crippen molar-refractivity contribution in [3.8, 4) is 5.75 Å². The van der Waals surface area contributed by atoms with E-state index in [4.69, 9.17) is 4.74 Å². The lowest BCUT2D eigenvalue weighted by atomic mass is 10.2. The normalized spacial score (nSPS) is 11.2. The minimum atomic E-state index is -0.153. The molecule has 3 rings (SSSR count). The molecule has 3 aromatic rings. The quantitative estimate of drug-likeness (QED) is 0.511. The summed E-state index contributed by atoms with van der Waals surface area (Å²) in [5.41, 5.74) is 2.30. The second-order valence-electron chi connectivity index (χ2n) is 7.34.